The highest BCUT2D eigenvalue weighted by Gasteiger charge is 2.26. The fourth-order valence-electron chi connectivity index (χ4n) is 3.02. The number of aliphatic carboxylic acids is 1. The van der Waals surface area contributed by atoms with Crippen LogP contribution < -0.4 is 4.74 Å². The molecule has 24 heavy (non-hydrogen) atoms. The number of nitrogens with zero attached hydrogens (tertiary/aromatic N) is 2. The zero-order valence-electron chi connectivity index (χ0n) is 14.8. The number of carboxylic acid groups (broad SMARTS) is 1. The Kier molecular flexibility index (Phi) is 5.96. The van der Waals surface area contributed by atoms with Crippen LogP contribution in [0, 0.1) is 20.8 Å². The van der Waals surface area contributed by atoms with Crippen molar-refractivity contribution in [3.63, 3.8) is 0 Å². The molecule has 6 heteroatoms. The Morgan fingerprint density at radius 2 is 1.96 bits per heavy atom. The minimum Gasteiger partial charge on any atom is -0.496 e. The minimum absolute atomic E-state index is 0.657. The maximum Gasteiger partial charge on any atom is 0.325 e. The van der Waals surface area contributed by atoms with Crippen LogP contribution in [-0.2, 0) is 11.2 Å². The topological polar surface area (TPSA) is 62.7 Å². The summed E-state index contributed by atoms with van der Waals surface area (Å²) in [5, 5.41) is 9.73. The Hall–Kier alpha value is -1.92. The lowest BCUT2D eigenvalue weighted by Gasteiger charge is -2.26. The van der Waals surface area contributed by atoms with Gasteiger partial charge in [-0.25, -0.2) is 4.98 Å². The number of rotatable bonds is 7. The number of benzene rings is 1. The van der Waals surface area contributed by atoms with Gasteiger partial charge in [-0.1, -0.05) is 12.1 Å². The molecule has 0 amide bonds. The van der Waals surface area contributed by atoms with Crippen molar-refractivity contribution in [2.45, 2.75) is 33.2 Å². The first-order chi connectivity index (χ1) is 11.3. The third kappa shape index (κ3) is 3.94. The summed E-state index contributed by atoms with van der Waals surface area (Å²) in [6.07, 6.45) is 0.797. The van der Waals surface area contributed by atoms with Gasteiger partial charge in [0.25, 0.3) is 0 Å². The van der Waals surface area contributed by atoms with Crippen LogP contribution in [-0.4, -0.2) is 41.7 Å². The van der Waals surface area contributed by atoms with Crippen molar-refractivity contribution in [2.75, 3.05) is 20.7 Å². The number of ether oxygens (including phenoxy) is 1. The molecule has 5 nitrogen and oxygen atoms in total. The van der Waals surface area contributed by atoms with Crippen LogP contribution >= 0.6 is 11.3 Å². The Morgan fingerprint density at radius 1 is 1.33 bits per heavy atom. The summed E-state index contributed by atoms with van der Waals surface area (Å²) in [6, 6.07) is 3.12. The highest BCUT2D eigenvalue weighted by molar-refractivity contribution is 7.09. The molecule has 0 saturated heterocycles. The van der Waals surface area contributed by atoms with Gasteiger partial charge in [0.15, 0.2) is 0 Å². The van der Waals surface area contributed by atoms with Gasteiger partial charge in [0.2, 0.25) is 0 Å². The number of hydrogen-bond acceptors (Lipinski definition) is 5. The molecule has 0 spiro atoms. The van der Waals surface area contributed by atoms with Gasteiger partial charge < -0.3 is 9.84 Å². The monoisotopic (exact) mass is 348 g/mol. The first-order valence-corrected chi connectivity index (χ1v) is 8.70. The second-order valence-electron chi connectivity index (χ2n) is 6.02. The van der Waals surface area contributed by atoms with E-state index in [0.717, 1.165) is 34.6 Å². The van der Waals surface area contributed by atoms with E-state index in [1.165, 1.54) is 4.88 Å². The normalized spacial score (nSPS) is 12.4. The number of likely N-dealkylation sites (N-methyl/N-ethyl adjacent to an activating group) is 1. The molecule has 0 fully saturated rings. The van der Waals surface area contributed by atoms with Gasteiger partial charge in [-0.3, -0.25) is 9.69 Å². The molecule has 0 saturated carbocycles. The number of aromatic nitrogens is 1. The summed E-state index contributed by atoms with van der Waals surface area (Å²) in [6.45, 7) is 6.52. The van der Waals surface area contributed by atoms with Crippen molar-refractivity contribution in [3.05, 3.63) is 44.9 Å². The van der Waals surface area contributed by atoms with Gasteiger partial charge in [0, 0.05) is 11.4 Å². The molecule has 1 aromatic carbocycles. The molecule has 2 aromatic rings. The molecule has 1 heterocycles. The van der Waals surface area contributed by atoms with Crippen LogP contribution in [0.4, 0.5) is 0 Å². The summed E-state index contributed by atoms with van der Waals surface area (Å²) in [5.74, 6) is -0.0340. The Bertz CT molecular complexity index is 704. The zero-order chi connectivity index (χ0) is 17.9. The Labute approximate surface area is 146 Å². The molecule has 0 bridgehead atoms. The van der Waals surface area contributed by atoms with Crippen molar-refractivity contribution >= 4 is 17.3 Å². The summed E-state index contributed by atoms with van der Waals surface area (Å²) in [7, 11) is 3.48. The summed E-state index contributed by atoms with van der Waals surface area (Å²) >= 11 is 1.62. The van der Waals surface area contributed by atoms with Crippen LogP contribution in [0.5, 0.6) is 5.75 Å². The smallest absolute Gasteiger partial charge is 0.325 e. The van der Waals surface area contributed by atoms with Crippen molar-refractivity contribution < 1.29 is 14.6 Å². The summed E-state index contributed by atoms with van der Waals surface area (Å²) in [5.41, 5.74) is 5.53. The van der Waals surface area contributed by atoms with Crippen LogP contribution in [0.1, 0.15) is 33.3 Å². The van der Waals surface area contributed by atoms with Crippen molar-refractivity contribution in [1.82, 2.24) is 9.88 Å². The molecule has 1 atom stereocenters. The molecular formula is C18H24N2O3S. The lowest BCUT2D eigenvalue weighted by atomic mass is 9.99. The maximum absolute atomic E-state index is 11.9. The first kappa shape index (κ1) is 18.4. The van der Waals surface area contributed by atoms with Gasteiger partial charge in [-0.15, -0.1) is 11.3 Å². The third-order valence-corrected chi connectivity index (χ3v) is 5.21. The van der Waals surface area contributed by atoms with E-state index in [2.05, 4.69) is 4.98 Å². The second-order valence-corrected chi connectivity index (χ2v) is 6.96. The predicted octanol–water partition coefficient (Wildman–Crippen LogP) is 3.38. The predicted molar refractivity (Wildman–Crippen MR) is 96.0 cm³/mol. The zero-order valence-corrected chi connectivity index (χ0v) is 15.6. The van der Waals surface area contributed by atoms with Crippen LogP contribution in [0.25, 0.3) is 0 Å². The lowest BCUT2D eigenvalue weighted by molar-refractivity contribution is -0.143. The van der Waals surface area contributed by atoms with Gasteiger partial charge in [-0.05, 0) is 50.9 Å². The highest BCUT2D eigenvalue weighted by Crippen LogP contribution is 2.29. The fraction of sp³-hybridized carbons (Fsp3) is 0.444. The third-order valence-electron chi connectivity index (χ3n) is 4.21. The van der Waals surface area contributed by atoms with E-state index in [0.29, 0.717) is 6.54 Å². The molecule has 2 rings (SSSR count). The fourth-order valence-corrected chi connectivity index (χ4v) is 3.79. The van der Waals surface area contributed by atoms with Crippen LogP contribution in [0.2, 0.25) is 0 Å². The maximum atomic E-state index is 11.9. The Morgan fingerprint density at radius 3 is 2.42 bits per heavy atom. The van der Waals surface area contributed by atoms with E-state index in [9.17, 15) is 9.90 Å². The molecular weight excluding hydrogens is 324 g/mol. The summed E-state index contributed by atoms with van der Waals surface area (Å²) in [4.78, 5) is 19.2. The van der Waals surface area contributed by atoms with Crippen molar-refractivity contribution in [3.8, 4) is 5.75 Å². The number of hydrogen-bond donors (Lipinski definition) is 1. The number of thiazole rings is 1. The molecule has 1 N–H and O–H groups in total. The highest BCUT2D eigenvalue weighted by atomic mass is 32.1. The van der Waals surface area contributed by atoms with Gasteiger partial charge in [-0.2, -0.15) is 0 Å². The van der Waals surface area contributed by atoms with E-state index in [4.69, 9.17) is 4.74 Å². The molecule has 0 aliphatic rings. The van der Waals surface area contributed by atoms with Gasteiger partial charge >= 0.3 is 5.97 Å². The van der Waals surface area contributed by atoms with Crippen LogP contribution in [0.15, 0.2) is 17.6 Å². The van der Waals surface area contributed by atoms with Crippen LogP contribution in [0.3, 0.4) is 0 Å². The molecule has 0 unspecified atom stereocenters. The standard InChI is InChI=1S/C18H24N2O3S/c1-11-8-14(9-12(2)17(11)23-5)16(18(21)22)20(4)7-6-15-13(3)19-10-24-15/h8-10,16H,6-7H2,1-5H3,(H,21,22)/t16-/m0/s1. The van der Waals surface area contributed by atoms with Crippen molar-refractivity contribution in [2.24, 2.45) is 0 Å². The molecule has 0 radical (unpaired) electrons. The minimum atomic E-state index is -0.845. The molecule has 0 aliphatic carbocycles. The van der Waals surface area contributed by atoms with Gasteiger partial charge in [0.05, 0.1) is 18.3 Å². The van der Waals surface area contributed by atoms with Crippen molar-refractivity contribution in [1.29, 1.82) is 0 Å². The first-order valence-electron chi connectivity index (χ1n) is 7.82. The quantitative estimate of drug-likeness (QED) is 0.831. The van der Waals surface area contributed by atoms with Gasteiger partial charge in [0.1, 0.15) is 11.8 Å². The number of methoxy groups -OCH3 is 1. The average molecular weight is 348 g/mol. The number of aryl methyl sites for hydroxylation is 3. The van der Waals surface area contributed by atoms with E-state index in [1.54, 1.807) is 18.4 Å². The second kappa shape index (κ2) is 7.77. The van der Waals surface area contributed by atoms with E-state index in [1.807, 2.05) is 50.4 Å². The number of carboxylic acids is 1. The molecule has 130 valence electrons. The molecule has 0 aliphatic heterocycles. The van der Waals surface area contributed by atoms with E-state index >= 15 is 0 Å². The SMILES string of the molecule is COc1c(C)cc([C@@H](C(=O)O)N(C)CCc2scnc2C)cc1C. The molecule has 1 aromatic heterocycles. The summed E-state index contributed by atoms with van der Waals surface area (Å²) < 4.78 is 5.37. The van der Waals surface area contributed by atoms with E-state index in [-0.39, 0.29) is 0 Å². The average Bonchev–Trinajstić information content (AvgIpc) is 2.90. The largest absolute Gasteiger partial charge is 0.496 e. The lowest BCUT2D eigenvalue weighted by Crippen LogP contribution is -2.32. The number of carbonyl (C=O) groups is 1. The van der Waals surface area contributed by atoms with E-state index < -0.39 is 12.0 Å². The Balaban J connectivity index is 2.22.